The molecular formula is C23H36N2O6. The highest BCUT2D eigenvalue weighted by Gasteiger charge is 2.15. The second-order valence-corrected chi connectivity index (χ2v) is 7.22. The van der Waals surface area contributed by atoms with Gasteiger partial charge in [-0.3, -0.25) is 0 Å². The summed E-state index contributed by atoms with van der Waals surface area (Å²) in [6.45, 7) is 6.80. The lowest BCUT2D eigenvalue weighted by molar-refractivity contribution is -0.139. The molecule has 1 unspecified atom stereocenters. The number of rotatable bonds is 18. The monoisotopic (exact) mass is 436 g/mol. The fourth-order valence-corrected chi connectivity index (χ4v) is 2.77. The molecule has 0 spiro atoms. The van der Waals surface area contributed by atoms with E-state index in [0.29, 0.717) is 18.9 Å². The van der Waals surface area contributed by atoms with Gasteiger partial charge in [0.25, 0.3) is 0 Å². The molecule has 0 bridgehead atoms. The van der Waals surface area contributed by atoms with Crippen LogP contribution >= 0.6 is 0 Å². The predicted octanol–water partition coefficient (Wildman–Crippen LogP) is 6.12. The number of carbonyl (C=O) groups excluding carboxylic acids is 2. The van der Waals surface area contributed by atoms with Crippen molar-refractivity contribution in [1.29, 1.82) is 0 Å². The maximum absolute atomic E-state index is 12.3. The Morgan fingerprint density at radius 2 is 1.68 bits per heavy atom. The van der Waals surface area contributed by atoms with Crippen molar-refractivity contribution >= 4 is 11.9 Å². The Morgan fingerprint density at radius 1 is 0.935 bits per heavy atom. The molecule has 0 N–H and O–H groups in total. The minimum absolute atomic E-state index is 0.0882. The zero-order valence-corrected chi connectivity index (χ0v) is 19.0. The highest BCUT2D eigenvalue weighted by molar-refractivity contribution is 5.92. The van der Waals surface area contributed by atoms with Crippen molar-refractivity contribution in [3.05, 3.63) is 45.5 Å². The van der Waals surface area contributed by atoms with Gasteiger partial charge < -0.3 is 9.47 Å². The van der Waals surface area contributed by atoms with E-state index in [1.54, 1.807) is 0 Å². The van der Waals surface area contributed by atoms with Crippen LogP contribution in [0.5, 0.6) is 0 Å². The number of hydrogen-bond donors (Lipinski definition) is 0. The van der Waals surface area contributed by atoms with E-state index in [1.165, 1.54) is 12.2 Å². The van der Waals surface area contributed by atoms with Crippen molar-refractivity contribution in [3.8, 4) is 0 Å². The van der Waals surface area contributed by atoms with Gasteiger partial charge in [-0.05, 0) is 35.2 Å². The van der Waals surface area contributed by atoms with E-state index in [4.69, 9.17) is 9.47 Å². The number of esters is 2. The molecule has 0 aromatic rings. The molecule has 0 aliphatic rings. The Bertz CT molecular complexity index is 640. The Kier molecular flexibility index (Phi) is 17.7. The van der Waals surface area contributed by atoms with Gasteiger partial charge in [0.1, 0.15) is 5.70 Å². The molecule has 0 aromatic carbocycles. The molecule has 0 fully saturated rings. The van der Waals surface area contributed by atoms with Crippen LogP contribution in [-0.4, -0.2) is 25.2 Å². The third-order valence-electron chi connectivity index (χ3n) is 4.74. The van der Waals surface area contributed by atoms with Crippen molar-refractivity contribution in [3.63, 3.8) is 0 Å². The Balaban J connectivity index is 4.93. The van der Waals surface area contributed by atoms with Crippen LogP contribution in [0.3, 0.4) is 0 Å². The van der Waals surface area contributed by atoms with Crippen LogP contribution in [0, 0.1) is 15.7 Å². The summed E-state index contributed by atoms with van der Waals surface area (Å²) in [5.41, 5.74) is -0.314. The van der Waals surface area contributed by atoms with Gasteiger partial charge >= 0.3 is 11.9 Å². The third-order valence-corrected chi connectivity index (χ3v) is 4.74. The van der Waals surface area contributed by atoms with Gasteiger partial charge in [0, 0.05) is 12.5 Å². The molecule has 174 valence electrons. The van der Waals surface area contributed by atoms with Crippen molar-refractivity contribution in [2.24, 2.45) is 16.3 Å². The number of hydrogen-bond acceptors (Lipinski definition) is 8. The van der Waals surface area contributed by atoms with Crippen LogP contribution in [0.4, 0.5) is 0 Å². The number of nitrogens with zero attached hydrogens (tertiary/aromatic N) is 2. The molecule has 31 heavy (non-hydrogen) atoms. The SMILES string of the molecule is CCCCCCOC(=O)C(/C=C/N=O)=C(/C/C=C/C(=O)OCC(CC)CCCC)N=O. The molecule has 8 nitrogen and oxygen atoms in total. The van der Waals surface area contributed by atoms with Crippen molar-refractivity contribution < 1.29 is 19.1 Å². The minimum atomic E-state index is -0.760. The van der Waals surface area contributed by atoms with E-state index in [2.05, 4.69) is 31.1 Å². The smallest absolute Gasteiger partial charge is 0.340 e. The second-order valence-electron chi connectivity index (χ2n) is 7.22. The first-order chi connectivity index (χ1) is 15.0. The first-order valence-corrected chi connectivity index (χ1v) is 11.1. The van der Waals surface area contributed by atoms with Crippen LogP contribution in [-0.2, 0) is 19.1 Å². The Labute approximate surface area is 185 Å². The molecule has 0 heterocycles. The summed E-state index contributed by atoms with van der Waals surface area (Å²) in [4.78, 5) is 45.9. The molecular weight excluding hydrogens is 400 g/mol. The van der Waals surface area contributed by atoms with E-state index in [0.717, 1.165) is 57.2 Å². The maximum atomic E-state index is 12.3. The summed E-state index contributed by atoms with van der Waals surface area (Å²) in [7, 11) is 0. The molecule has 0 rings (SSSR count). The number of ether oxygens (including phenoxy) is 2. The average Bonchev–Trinajstić information content (AvgIpc) is 2.77. The molecule has 0 amide bonds. The number of unbranched alkanes of at least 4 members (excludes halogenated alkanes) is 4. The van der Waals surface area contributed by atoms with Crippen LogP contribution in [0.15, 0.2) is 46.1 Å². The standard InChI is InChI=1S/C23H36N2O6/c1-4-7-9-10-17-30-23(27)20(15-16-24-28)21(25-29)13-11-14-22(26)31-18-19(6-3)12-8-5-2/h11,14-16,19H,4-10,12-13,17-18H2,1-3H3/b14-11+,16-15+,21-20-. The molecule has 0 aliphatic heterocycles. The molecule has 0 aromatic heterocycles. The quantitative estimate of drug-likeness (QED) is 0.0841. The van der Waals surface area contributed by atoms with Gasteiger partial charge in [0.05, 0.1) is 25.0 Å². The highest BCUT2D eigenvalue weighted by atomic mass is 16.5. The summed E-state index contributed by atoms with van der Waals surface area (Å²) in [6, 6.07) is 0. The Morgan fingerprint density at radius 3 is 2.29 bits per heavy atom. The first-order valence-electron chi connectivity index (χ1n) is 11.1. The highest BCUT2D eigenvalue weighted by Crippen LogP contribution is 2.16. The third kappa shape index (κ3) is 14.1. The van der Waals surface area contributed by atoms with Crippen LogP contribution < -0.4 is 0 Å². The maximum Gasteiger partial charge on any atom is 0.340 e. The lowest BCUT2D eigenvalue weighted by Crippen LogP contribution is -2.12. The lowest BCUT2D eigenvalue weighted by atomic mass is 10.0. The van der Waals surface area contributed by atoms with Crippen molar-refractivity contribution in [2.75, 3.05) is 13.2 Å². The summed E-state index contributed by atoms with van der Waals surface area (Å²) in [5, 5.41) is 5.43. The van der Waals surface area contributed by atoms with Gasteiger partial charge in [0.2, 0.25) is 0 Å². The normalized spacial score (nSPS) is 13.1. The second kappa shape index (κ2) is 19.3. The molecule has 0 aliphatic carbocycles. The summed E-state index contributed by atoms with van der Waals surface area (Å²) >= 11 is 0. The van der Waals surface area contributed by atoms with E-state index < -0.39 is 11.9 Å². The minimum Gasteiger partial charge on any atom is -0.462 e. The van der Waals surface area contributed by atoms with Gasteiger partial charge in [-0.2, -0.15) is 0 Å². The number of carbonyl (C=O) groups is 2. The van der Waals surface area contributed by atoms with Crippen LogP contribution in [0.1, 0.15) is 78.6 Å². The molecule has 0 saturated carbocycles. The summed E-state index contributed by atoms with van der Waals surface area (Å²) in [6.07, 6.45) is 12.3. The zero-order chi connectivity index (χ0) is 23.3. The fourth-order valence-electron chi connectivity index (χ4n) is 2.77. The van der Waals surface area contributed by atoms with Gasteiger partial charge in [-0.1, -0.05) is 65.4 Å². The fraction of sp³-hybridized carbons (Fsp3) is 0.652. The van der Waals surface area contributed by atoms with E-state index >= 15 is 0 Å². The predicted molar refractivity (Wildman–Crippen MR) is 121 cm³/mol. The van der Waals surface area contributed by atoms with Crippen molar-refractivity contribution in [2.45, 2.75) is 78.6 Å². The van der Waals surface area contributed by atoms with E-state index in [9.17, 15) is 19.4 Å². The lowest BCUT2D eigenvalue weighted by Gasteiger charge is -2.13. The van der Waals surface area contributed by atoms with E-state index in [-0.39, 0.29) is 24.3 Å². The Hall–Kier alpha value is -2.64. The van der Waals surface area contributed by atoms with Gasteiger partial charge in [-0.25, -0.2) is 9.59 Å². The van der Waals surface area contributed by atoms with Crippen LogP contribution in [0.25, 0.3) is 0 Å². The molecule has 0 saturated heterocycles. The summed E-state index contributed by atoms with van der Waals surface area (Å²) < 4.78 is 10.4. The molecule has 1 atom stereocenters. The largest absolute Gasteiger partial charge is 0.462 e. The van der Waals surface area contributed by atoms with Gasteiger partial charge in [0.15, 0.2) is 0 Å². The van der Waals surface area contributed by atoms with Gasteiger partial charge in [-0.15, -0.1) is 9.81 Å². The first kappa shape index (κ1) is 28.4. The molecule has 8 heteroatoms. The summed E-state index contributed by atoms with van der Waals surface area (Å²) in [5.74, 6) is -0.960. The number of allylic oxidation sites excluding steroid dienone is 1. The average molecular weight is 437 g/mol. The van der Waals surface area contributed by atoms with Crippen molar-refractivity contribution in [1.82, 2.24) is 0 Å². The number of nitroso groups, excluding NO2 is 2. The van der Waals surface area contributed by atoms with E-state index in [1.807, 2.05) is 0 Å². The van der Waals surface area contributed by atoms with Crippen LogP contribution in [0.2, 0.25) is 0 Å². The topological polar surface area (TPSA) is 111 Å². The zero-order valence-electron chi connectivity index (χ0n) is 19.0. The molecule has 0 radical (unpaired) electrons.